The summed E-state index contributed by atoms with van der Waals surface area (Å²) in [5, 5.41) is 3.46. The molecule has 0 aliphatic carbocycles. The Bertz CT molecular complexity index is 597. The highest BCUT2D eigenvalue weighted by Gasteiger charge is 2.33. The highest BCUT2D eigenvalue weighted by Crippen LogP contribution is 2.32. The van der Waals surface area contributed by atoms with Gasteiger partial charge >= 0.3 is 0 Å². The quantitative estimate of drug-likeness (QED) is 0.921. The fourth-order valence-corrected chi connectivity index (χ4v) is 3.16. The van der Waals surface area contributed by atoms with Crippen molar-refractivity contribution in [3.63, 3.8) is 0 Å². The lowest BCUT2D eigenvalue weighted by atomic mass is 9.86. The van der Waals surface area contributed by atoms with Gasteiger partial charge in [-0.25, -0.2) is 4.98 Å². The van der Waals surface area contributed by atoms with Crippen molar-refractivity contribution in [1.82, 2.24) is 14.9 Å². The first-order valence-corrected chi connectivity index (χ1v) is 7.39. The minimum Gasteiger partial charge on any atom is -0.316 e. The molecule has 0 bridgehead atoms. The number of hydrogen-bond donors (Lipinski definition) is 1. The first kappa shape index (κ1) is 12.9. The average molecular weight is 320 g/mol. The van der Waals surface area contributed by atoms with E-state index >= 15 is 0 Å². The van der Waals surface area contributed by atoms with Crippen molar-refractivity contribution in [3.8, 4) is 5.69 Å². The summed E-state index contributed by atoms with van der Waals surface area (Å²) in [6.07, 6.45) is 5.09. The fourth-order valence-electron chi connectivity index (χ4n) is 2.81. The van der Waals surface area contributed by atoms with Gasteiger partial charge in [-0.2, -0.15) is 0 Å². The topological polar surface area (TPSA) is 29.9 Å². The van der Waals surface area contributed by atoms with Crippen LogP contribution in [0.3, 0.4) is 0 Å². The molecule has 3 nitrogen and oxygen atoms in total. The van der Waals surface area contributed by atoms with Gasteiger partial charge in [-0.1, -0.05) is 28.9 Å². The van der Waals surface area contributed by atoms with E-state index in [1.807, 2.05) is 12.5 Å². The third-order valence-corrected chi connectivity index (χ3v) is 4.55. The number of halogens is 1. The number of rotatable bonds is 2. The zero-order valence-corrected chi connectivity index (χ0v) is 12.9. The van der Waals surface area contributed by atoms with Crippen LogP contribution in [0.25, 0.3) is 5.69 Å². The van der Waals surface area contributed by atoms with E-state index < -0.39 is 0 Å². The van der Waals surface area contributed by atoms with Crippen LogP contribution in [-0.4, -0.2) is 22.6 Å². The third-order valence-electron chi connectivity index (χ3n) is 4.06. The van der Waals surface area contributed by atoms with Crippen LogP contribution in [0.1, 0.15) is 24.6 Å². The molecule has 1 aromatic heterocycles. The number of benzene rings is 1. The van der Waals surface area contributed by atoms with Gasteiger partial charge in [0.2, 0.25) is 0 Å². The molecule has 1 aliphatic heterocycles. The van der Waals surface area contributed by atoms with Crippen LogP contribution in [0.2, 0.25) is 0 Å². The second-order valence-electron chi connectivity index (χ2n) is 5.57. The summed E-state index contributed by atoms with van der Waals surface area (Å²) in [5.41, 5.74) is 3.93. The number of aryl methyl sites for hydroxylation is 1. The normalized spacial score (nSPS) is 22.9. The van der Waals surface area contributed by atoms with Crippen LogP contribution < -0.4 is 5.32 Å². The maximum Gasteiger partial charge on any atom is 0.0994 e. The SMILES string of the molecule is Cc1ccc(Br)cc1-n1cncc1C1(C)CCNC1. The first-order valence-electron chi connectivity index (χ1n) is 6.60. The van der Waals surface area contributed by atoms with Crippen LogP contribution >= 0.6 is 15.9 Å². The van der Waals surface area contributed by atoms with Crippen molar-refractivity contribution in [2.45, 2.75) is 25.7 Å². The number of hydrogen-bond acceptors (Lipinski definition) is 2. The van der Waals surface area contributed by atoms with Crippen molar-refractivity contribution < 1.29 is 0 Å². The molecule has 0 spiro atoms. The molecule has 2 heterocycles. The molecular formula is C15H18BrN3. The second-order valence-corrected chi connectivity index (χ2v) is 6.48. The molecule has 1 aliphatic rings. The molecule has 1 aromatic carbocycles. The van der Waals surface area contributed by atoms with Gasteiger partial charge in [-0.15, -0.1) is 0 Å². The van der Waals surface area contributed by atoms with Gasteiger partial charge in [-0.05, 0) is 37.6 Å². The lowest BCUT2D eigenvalue weighted by Crippen LogP contribution is -2.27. The molecule has 4 heteroatoms. The standard InChI is InChI=1S/C15H18BrN3/c1-11-3-4-12(16)7-13(11)19-10-18-8-14(19)15(2)5-6-17-9-15/h3-4,7-8,10,17H,5-6,9H2,1-2H3. The summed E-state index contributed by atoms with van der Waals surface area (Å²) in [5.74, 6) is 0. The molecule has 2 aromatic rings. The van der Waals surface area contributed by atoms with Gasteiger partial charge in [0.1, 0.15) is 0 Å². The Morgan fingerprint density at radius 2 is 2.26 bits per heavy atom. The molecule has 3 rings (SSSR count). The monoisotopic (exact) mass is 319 g/mol. The second kappa shape index (κ2) is 4.76. The zero-order chi connectivity index (χ0) is 13.5. The van der Waals surface area contributed by atoms with Gasteiger partial charge in [0.25, 0.3) is 0 Å². The van der Waals surface area contributed by atoms with E-state index in [2.05, 4.69) is 62.8 Å². The van der Waals surface area contributed by atoms with E-state index in [0.717, 1.165) is 24.0 Å². The minimum absolute atomic E-state index is 0.172. The molecule has 0 radical (unpaired) electrons. The Morgan fingerprint density at radius 3 is 3.00 bits per heavy atom. The minimum atomic E-state index is 0.172. The van der Waals surface area contributed by atoms with Crippen molar-refractivity contribution in [3.05, 3.63) is 46.5 Å². The summed E-state index contributed by atoms with van der Waals surface area (Å²) < 4.78 is 3.33. The predicted molar refractivity (Wildman–Crippen MR) is 80.8 cm³/mol. The molecule has 1 N–H and O–H groups in total. The van der Waals surface area contributed by atoms with Crippen LogP contribution in [0.5, 0.6) is 0 Å². The summed E-state index contributed by atoms with van der Waals surface area (Å²) >= 11 is 3.56. The number of nitrogens with one attached hydrogen (secondary N) is 1. The van der Waals surface area contributed by atoms with E-state index in [1.165, 1.54) is 16.9 Å². The average Bonchev–Trinajstić information content (AvgIpc) is 3.01. The van der Waals surface area contributed by atoms with E-state index in [0.29, 0.717) is 0 Å². The molecule has 1 fully saturated rings. The van der Waals surface area contributed by atoms with Gasteiger partial charge < -0.3 is 9.88 Å². The Morgan fingerprint density at radius 1 is 1.42 bits per heavy atom. The van der Waals surface area contributed by atoms with Gasteiger partial charge in [0, 0.05) is 28.3 Å². The zero-order valence-electron chi connectivity index (χ0n) is 11.3. The van der Waals surface area contributed by atoms with E-state index in [-0.39, 0.29) is 5.41 Å². The Labute approximate surface area is 122 Å². The Hall–Kier alpha value is -1.13. The molecular weight excluding hydrogens is 302 g/mol. The third kappa shape index (κ3) is 2.23. The molecule has 0 amide bonds. The number of imidazole rings is 1. The largest absolute Gasteiger partial charge is 0.316 e. The van der Waals surface area contributed by atoms with E-state index in [4.69, 9.17) is 0 Å². The summed E-state index contributed by atoms with van der Waals surface area (Å²) in [4.78, 5) is 4.38. The highest BCUT2D eigenvalue weighted by molar-refractivity contribution is 9.10. The van der Waals surface area contributed by atoms with Crippen molar-refractivity contribution in [1.29, 1.82) is 0 Å². The molecule has 19 heavy (non-hydrogen) atoms. The van der Waals surface area contributed by atoms with E-state index in [1.54, 1.807) is 0 Å². The van der Waals surface area contributed by atoms with Crippen molar-refractivity contribution >= 4 is 15.9 Å². The fraction of sp³-hybridized carbons (Fsp3) is 0.400. The number of aromatic nitrogens is 2. The molecule has 0 saturated carbocycles. The first-order chi connectivity index (χ1) is 9.10. The summed E-state index contributed by atoms with van der Waals surface area (Å²) in [6.45, 7) is 6.56. The summed E-state index contributed by atoms with van der Waals surface area (Å²) in [7, 11) is 0. The highest BCUT2D eigenvalue weighted by atomic mass is 79.9. The van der Waals surface area contributed by atoms with Crippen LogP contribution in [0.15, 0.2) is 35.2 Å². The van der Waals surface area contributed by atoms with E-state index in [9.17, 15) is 0 Å². The lowest BCUT2D eigenvalue weighted by Gasteiger charge is -2.25. The molecule has 1 saturated heterocycles. The molecule has 100 valence electrons. The van der Waals surface area contributed by atoms with Crippen molar-refractivity contribution in [2.75, 3.05) is 13.1 Å². The number of nitrogens with zero attached hydrogens (tertiary/aromatic N) is 2. The maximum absolute atomic E-state index is 4.38. The summed E-state index contributed by atoms with van der Waals surface area (Å²) in [6, 6.07) is 6.37. The predicted octanol–water partition coefficient (Wildman–Crippen LogP) is 3.19. The molecule has 1 atom stereocenters. The van der Waals surface area contributed by atoms with Crippen LogP contribution in [0, 0.1) is 6.92 Å². The lowest BCUT2D eigenvalue weighted by molar-refractivity contribution is 0.498. The van der Waals surface area contributed by atoms with Gasteiger partial charge in [0.05, 0.1) is 12.0 Å². The Balaban J connectivity index is 2.12. The van der Waals surface area contributed by atoms with Crippen LogP contribution in [-0.2, 0) is 5.41 Å². The van der Waals surface area contributed by atoms with Gasteiger partial charge in [-0.3, -0.25) is 0 Å². The smallest absolute Gasteiger partial charge is 0.0994 e. The molecule has 1 unspecified atom stereocenters. The van der Waals surface area contributed by atoms with Crippen molar-refractivity contribution in [2.24, 2.45) is 0 Å². The Kier molecular flexibility index (Phi) is 3.23. The van der Waals surface area contributed by atoms with Crippen LogP contribution in [0.4, 0.5) is 0 Å². The van der Waals surface area contributed by atoms with Gasteiger partial charge in [0.15, 0.2) is 0 Å². The maximum atomic E-state index is 4.38.